The molecule has 0 saturated heterocycles. The number of nitrogens with one attached hydrogen (secondary N) is 1. The number of aromatic nitrogens is 2. The molecule has 0 radical (unpaired) electrons. The molecule has 2 heterocycles. The van der Waals surface area contributed by atoms with Crippen molar-refractivity contribution in [1.82, 2.24) is 15.1 Å². The molecule has 0 aliphatic heterocycles. The second-order valence-corrected chi connectivity index (χ2v) is 5.33. The lowest BCUT2D eigenvalue weighted by Crippen LogP contribution is -2.28. The summed E-state index contributed by atoms with van der Waals surface area (Å²) >= 11 is 3.57. The molecule has 18 heavy (non-hydrogen) atoms. The van der Waals surface area contributed by atoms with Gasteiger partial charge < -0.3 is 9.73 Å². The van der Waals surface area contributed by atoms with Crippen molar-refractivity contribution in [3.8, 4) is 0 Å². The molecule has 0 bridgehead atoms. The van der Waals surface area contributed by atoms with Crippen molar-refractivity contribution >= 4 is 15.9 Å². The van der Waals surface area contributed by atoms with Crippen LogP contribution in [0.15, 0.2) is 27.3 Å². The largest absolute Gasteiger partial charge is 0.469 e. The van der Waals surface area contributed by atoms with Crippen molar-refractivity contribution in [1.29, 1.82) is 0 Å². The predicted octanol–water partition coefficient (Wildman–Crippen LogP) is 2.80. The van der Waals surface area contributed by atoms with Crippen LogP contribution in [-0.2, 0) is 20.0 Å². The highest BCUT2D eigenvalue weighted by molar-refractivity contribution is 9.10. The number of hydrogen-bond donors (Lipinski definition) is 1. The molecule has 0 aliphatic rings. The van der Waals surface area contributed by atoms with Gasteiger partial charge in [-0.3, -0.25) is 4.68 Å². The Kier molecular flexibility index (Phi) is 4.24. The number of halogens is 1. The van der Waals surface area contributed by atoms with E-state index >= 15 is 0 Å². The van der Waals surface area contributed by atoms with Crippen molar-refractivity contribution in [2.45, 2.75) is 32.9 Å². The number of rotatable bonds is 5. The Morgan fingerprint density at radius 3 is 2.89 bits per heavy atom. The van der Waals surface area contributed by atoms with Gasteiger partial charge in [-0.15, -0.1) is 0 Å². The SMILES string of the molecule is Cc1nn(C)c(CNC(C)Cc2ccco2)c1Br. The van der Waals surface area contributed by atoms with Crippen molar-refractivity contribution < 1.29 is 4.42 Å². The van der Waals surface area contributed by atoms with Gasteiger partial charge in [-0.25, -0.2) is 0 Å². The first-order valence-corrected chi connectivity index (χ1v) is 6.81. The Hall–Kier alpha value is -1.07. The molecular formula is C13H18BrN3O. The molecular weight excluding hydrogens is 294 g/mol. The molecule has 2 aromatic heterocycles. The molecule has 1 N–H and O–H groups in total. The summed E-state index contributed by atoms with van der Waals surface area (Å²) in [6.07, 6.45) is 2.60. The van der Waals surface area contributed by atoms with Gasteiger partial charge in [0, 0.05) is 26.1 Å². The van der Waals surface area contributed by atoms with E-state index in [4.69, 9.17) is 4.42 Å². The highest BCUT2D eigenvalue weighted by atomic mass is 79.9. The van der Waals surface area contributed by atoms with E-state index in [-0.39, 0.29) is 0 Å². The van der Waals surface area contributed by atoms with Crippen LogP contribution in [0.1, 0.15) is 24.1 Å². The molecule has 0 amide bonds. The molecule has 0 fully saturated rings. The van der Waals surface area contributed by atoms with Gasteiger partial charge in [-0.2, -0.15) is 5.10 Å². The van der Waals surface area contributed by atoms with Crippen LogP contribution in [0.2, 0.25) is 0 Å². The normalized spacial score (nSPS) is 12.9. The van der Waals surface area contributed by atoms with Crippen molar-refractivity contribution in [3.63, 3.8) is 0 Å². The Morgan fingerprint density at radius 1 is 1.56 bits per heavy atom. The molecule has 0 spiro atoms. The van der Waals surface area contributed by atoms with Gasteiger partial charge in [-0.1, -0.05) is 0 Å². The highest BCUT2D eigenvalue weighted by Gasteiger charge is 2.12. The van der Waals surface area contributed by atoms with E-state index in [9.17, 15) is 0 Å². The number of nitrogens with zero attached hydrogens (tertiary/aromatic N) is 2. The van der Waals surface area contributed by atoms with Gasteiger partial charge in [0.1, 0.15) is 5.76 Å². The molecule has 98 valence electrons. The van der Waals surface area contributed by atoms with Crippen LogP contribution < -0.4 is 5.32 Å². The first-order valence-electron chi connectivity index (χ1n) is 6.01. The number of furan rings is 1. The fourth-order valence-electron chi connectivity index (χ4n) is 1.95. The van der Waals surface area contributed by atoms with Gasteiger partial charge in [0.15, 0.2) is 0 Å². The highest BCUT2D eigenvalue weighted by Crippen LogP contribution is 2.20. The minimum Gasteiger partial charge on any atom is -0.469 e. The fraction of sp³-hybridized carbons (Fsp3) is 0.462. The first kappa shape index (κ1) is 13.4. The number of aryl methyl sites for hydroxylation is 2. The average molecular weight is 312 g/mol. The molecule has 2 rings (SSSR count). The minimum absolute atomic E-state index is 0.359. The standard InChI is InChI=1S/C13H18BrN3O/c1-9(7-11-5-4-6-18-11)15-8-12-13(14)10(2)16-17(12)3/h4-6,9,15H,7-8H2,1-3H3. The van der Waals surface area contributed by atoms with Crippen LogP contribution in [0, 0.1) is 6.92 Å². The maximum Gasteiger partial charge on any atom is 0.105 e. The molecule has 1 atom stereocenters. The van der Waals surface area contributed by atoms with Gasteiger partial charge >= 0.3 is 0 Å². The van der Waals surface area contributed by atoms with Crippen LogP contribution in [0.4, 0.5) is 0 Å². The summed E-state index contributed by atoms with van der Waals surface area (Å²) < 4.78 is 8.34. The van der Waals surface area contributed by atoms with Crippen molar-refractivity contribution in [2.24, 2.45) is 7.05 Å². The van der Waals surface area contributed by atoms with E-state index in [1.54, 1.807) is 6.26 Å². The van der Waals surface area contributed by atoms with Gasteiger partial charge in [0.25, 0.3) is 0 Å². The monoisotopic (exact) mass is 311 g/mol. The third kappa shape index (κ3) is 3.03. The fourth-order valence-corrected chi connectivity index (χ4v) is 2.42. The topological polar surface area (TPSA) is 43.0 Å². The van der Waals surface area contributed by atoms with Crippen LogP contribution in [-0.4, -0.2) is 15.8 Å². The van der Waals surface area contributed by atoms with Crippen molar-refractivity contribution in [2.75, 3.05) is 0 Å². The van der Waals surface area contributed by atoms with E-state index < -0.39 is 0 Å². The Morgan fingerprint density at radius 2 is 2.33 bits per heavy atom. The number of hydrogen-bond acceptors (Lipinski definition) is 3. The summed E-state index contributed by atoms with van der Waals surface area (Å²) in [6, 6.07) is 4.28. The van der Waals surface area contributed by atoms with E-state index in [2.05, 4.69) is 33.3 Å². The Balaban J connectivity index is 1.91. The van der Waals surface area contributed by atoms with Crippen LogP contribution in [0.25, 0.3) is 0 Å². The average Bonchev–Trinajstić information content (AvgIpc) is 2.88. The molecule has 2 aromatic rings. The Labute approximate surface area is 115 Å². The predicted molar refractivity (Wildman–Crippen MR) is 74.4 cm³/mol. The quantitative estimate of drug-likeness (QED) is 0.923. The lowest BCUT2D eigenvalue weighted by molar-refractivity contribution is 0.451. The molecule has 1 unspecified atom stereocenters. The van der Waals surface area contributed by atoms with E-state index in [1.165, 1.54) is 5.69 Å². The zero-order valence-electron chi connectivity index (χ0n) is 10.9. The molecule has 5 heteroatoms. The van der Waals surface area contributed by atoms with Crippen molar-refractivity contribution in [3.05, 3.63) is 40.0 Å². The Bertz CT molecular complexity index is 505. The third-order valence-electron chi connectivity index (χ3n) is 2.97. The maximum absolute atomic E-state index is 5.34. The zero-order valence-corrected chi connectivity index (χ0v) is 12.5. The van der Waals surface area contributed by atoms with Crippen LogP contribution >= 0.6 is 15.9 Å². The second-order valence-electron chi connectivity index (χ2n) is 4.54. The molecule has 0 saturated carbocycles. The summed E-state index contributed by atoms with van der Waals surface area (Å²) in [4.78, 5) is 0. The lowest BCUT2D eigenvalue weighted by Gasteiger charge is -2.12. The van der Waals surface area contributed by atoms with E-state index in [0.717, 1.165) is 28.9 Å². The summed E-state index contributed by atoms with van der Waals surface area (Å²) in [6.45, 7) is 4.94. The lowest BCUT2D eigenvalue weighted by atomic mass is 10.2. The summed E-state index contributed by atoms with van der Waals surface area (Å²) in [7, 11) is 1.96. The van der Waals surface area contributed by atoms with E-state index in [1.807, 2.05) is 30.8 Å². The zero-order chi connectivity index (χ0) is 13.1. The van der Waals surface area contributed by atoms with Gasteiger partial charge in [-0.05, 0) is 41.9 Å². The summed E-state index contributed by atoms with van der Waals surface area (Å²) in [5.74, 6) is 1.01. The third-order valence-corrected chi connectivity index (χ3v) is 4.00. The molecule has 0 aliphatic carbocycles. The van der Waals surface area contributed by atoms with E-state index in [0.29, 0.717) is 6.04 Å². The van der Waals surface area contributed by atoms with Gasteiger partial charge in [0.05, 0.1) is 22.1 Å². The summed E-state index contributed by atoms with van der Waals surface area (Å²) in [5.41, 5.74) is 2.19. The smallest absolute Gasteiger partial charge is 0.105 e. The first-order chi connectivity index (χ1) is 8.58. The van der Waals surface area contributed by atoms with Gasteiger partial charge in [0.2, 0.25) is 0 Å². The second kappa shape index (κ2) is 5.71. The van der Waals surface area contributed by atoms with Crippen LogP contribution in [0.3, 0.4) is 0 Å². The maximum atomic E-state index is 5.34. The minimum atomic E-state index is 0.359. The molecule has 4 nitrogen and oxygen atoms in total. The summed E-state index contributed by atoms with van der Waals surface area (Å²) in [5, 5.41) is 7.86. The van der Waals surface area contributed by atoms with Crippen LogP contribution in [0.5, 0.6) is 0 Å². The molecule has 0 aromatic carbocycles.